The van der Waals surface area contributed by atoms with Crippen LogP contribution in [-0.2, 0) is 12.3 Å². The Hall–Kier alpha value is -1.03. The topological polar surface area (TPSA) is 26.0 Å². The second-order valence-electron chi connectivity index (χ2n) is 3.94. The maximum Gasteiger partial charge on any atom is 0.270 e. The van der Waals surface area contributed by atoms with Crippen LogP contribution in [-0.4, -0.2) is 6.54 Å². The van der Waals surface area contributed by atoms with Gasteiger partial charge in [0.25, 0.3) is 5.92 Å². The van der Waals surface area contributed by atoms with E-state index in [4.69, 9.17) is 5.73 Å². The lowest BCUT2D eigenvalue weighted by atomic mass is 10.0. The smallest absolute Gasteiger partial charge is 0.270 e. The van der Waals surface area contributed by atoms with Crippen molar-refractivity contribution < 1.29 is 13.2 Å². The van der Waals surface area contributed by atoms with E-state index in [0.29, 0.717) is 24.9 Å². The SMILES string of the molecule is CC(F)(F)c1ccc(F)c(CCCCN)c1. The first kappa shape index (κ1) is 13.0. The Morgan fingerprint density at radius 2 is 1.94 bits per heavy atom. The molecule has 0 unspecified atom stereocenters. The van der Waals surface area contributed by atoms with Crippen molar-refractivity contribution in [2.75, 3.05) is 6.54 Å². The zero-order valence-corrected chi connectivity index (χ0v) is 9.27. The average Bonchev–Trinajstić information content (AvgIpc) is 2.19. The maximum atomic E-state index is 13.3. The van der Waals surface area contributed by atoms with Crippen LogP contribution in [0.3, 0.4) is 0 Å². The summed E-state index contributed by atoms with van der Waals surface area (Å²) in [6.07, 6.45) is 1.94. The molecule has 1 aromatic rings. The number of alkyl halides is 2. The quantitative estimate of drug-likeness (QED) is 0.773. The lowest BCUT2D eigenvalue weighted by molar-refractivity contribution is 0.0173. The van der Waals surface area contributed by atoms with Crippen molar-refractivity contribution in [1.29, 1.82) is 0 Å². The molecule has 16 heavy (non-hydrogen) atoms. The predicted molar refractivity (Wildman–Crippen MR) is 58.0 cm³/mol. The van der Waals surface area contributed by atoms with E-state index in [1.807, 2.05) is 0 Å². The first-order valence-corrected chi connectivity index (χ1v) is 5.32. The van der Waals surface area contributed by atoms with Gasteiger partial charge >= 0.3 is 0 Å². The summed E-state index contributed by atoms with van der Waals surface area (Å²) in [6.45, 7) is 1.34. The second kappa shape index (κ2) is 5.34. The Bertz CT molecular complexity index is 345. The minimum atomic E-state index is -2.92. The largest absolute Gasteiger partial charge is 0.330 e. The summed E-state index contributed by atoms with van der Waals surface area (Å²) in [7, 11) is 0. The summed E-state index contributed by atoms with van der Waals surface area (Å²) in [5.74, 6) is -3.35. The van der Waals surface area contributed by atoms with Gasteiger partial charge < -0.3 is 5.73 Å². The first-order chi connectivity index (χ1) is 7.45. The molecule has 0 spiro atoms. The third-order valence-corrected chi connectivity index (χ3v) is 2.45. The van der Waals surface area contributed by atoms with E-state index in [0.717, 1.165) is 25.5 Å². The summed E-state index contributed by atoms with van der Waals surface area (Å²) in [4.78, 5) is 0. The fraction of sp³-hybridized carbons (Fsp3) is 0.500. The van der Waals surface area contributed by atoms with Gasteiger partial charge in [-0.3, -0.25) is 0 Å². The fourth-order valence-corrected chi connectivity index (χ4v) is 1.50. The van der Waals surface area contributed by atoms with Gasteiger partial charge in [-0.1, -0.05) is 6.07 Å². The van der Waals surface area contributed by atoms with Crippen molar-refractivity contribution in [3.8, 4) is 0 Å². The van der Waals surface area contributed by atoms with Crippen LogP contribution < -0.4 is 5.73 Å². The van der Waals surface area contributed by atoms with Crippen LogP contribution in [0.4, 0.5) is 13.2 Å². The molecule has 0 atom stereocenters. The normalized spacial score (nSPS) is 11.8. The van der Waals surface area contributed by atoms with Crippen LogP contribution in [0, 0.1) is 5.82 Å². The van der Waals surface area contributed by atoms with Gasteiger partial charge in [-0.25, -0.2) is 13.2 Å². The molecule has 0 bridgehead atoms. The molecule has 1 aromatic carbocycles. The van der Waals surface area contributed by atoms with Crippen LogP contribution in [0.1, 0.15) is 30.9 Å². The van der Waals surface area contributed by atoms with E-state index in [1.54, 1.807) is 0 Å². The van der Waals surface area contributed by atoms with E-state index in [9.17, 15) is 13.2 Å². The molecule has 0 aliphatic rings. The molecular formula is C12H16F3N. The molecule has 90 valence electrons. The molecule has 0 aliphatic carbocycles. The number of aryl methyl sites for hydroxylation is 1. The molecule has 1 rings (SSSR count). The molecule has 0 saturated heterocycles. The van der Waals surface area contributed by atoms with Gasteiger partial charge in [-0.2, -0.15) is 0 Å². The van der Waals surface area contributed by atoms with Crippen LogP contribution in [0.15, 0.2) is 18.2 Å². The highest BCUT2D eigenvalue weighted by Crippen LogP contribution is 2.28. The summed E-state index contributed by atoms with van der Waals surface area (Å²) >= 11 is 0. The van der Waals surface area contributed by atoms with E-state index < -0.39 is 11.7 Å². The van der Waals surface area contributed by atoms with Gasteiger partial charge in [-0.05, 0) is 43.5 Å². The Kier molecular flexibility index (Phi) is 4.35. The maximum absolute atomic E-state index is 13.3. The number of hydrogen-bond acceptors (Lipinski definition) is 1. The van der Waals surface area contributed by atoms with E-state index in [-0.39, 0.29) is 5.56 Å². The molecule has 0 amide bonds. The van der Waals surface area contributed by atoms with Gasteiger partial charge in [0.2, 0.25) is 0 Å². The monoisotopic (exact) mass is 231 g/mol. The Morgan fingerprint density at radius 1 is 1.25 bits per heavy atom. The van der Waals surface area contributed by atoms with Crippen LogP contribution >= 0.6 is 0 Å². The van der Waals surface area contributed by atoms with E-state index in [1.165, 1.54) is 6.07 Å². The van der Waals surface area contributed by atoms with Crippen molar-refractivity contribution in [2.24, 2.45) is 5.73 Å². The van der Waals surface area contributed by atoms with Crippen molar-refractivity contribution in [3.05, 3.63) is 35.1 Å². The number of rotatable bonds is 5. The molecule has 0 aliphatic heterocycles. The van der Waals surface area contributed by atoms with Crippen LogP contribution in [0.5, 0.6) is 0 Å². The zero-order valence-electron chi connectivity index (χ0n) is 9.27. The van der Waals surface area contributed by atoms with Crippen molar-refractivity contribution in [1.82, 2.24) is 0 Å². The number of halogens is 3. The molecule has 1 nitrogen and oxygen atoms in total. The summed E-state index contributed by atoms with van der Waals surface area (Å²) < 4.78 is 39.3. The zero-order chi connectivity index (χ0) is 12.2. The van der Waals surface area contributed by atoms with Crippen LogP contribution in [0.2, 0.25) is 0 Å². The number of benzene rings is 1. The lowest BCUT2D eigenvalue weighted by Crippen LogP contribution is -2.08. The molecular weight excluding hydrogens is 215 g/mol. The highest BCUT2D eigenvalue weighted by atomic mass is 19.3. The minimum Gasteiger partial charge on any atom is -0.330 e. The Labute approximate surface area is 93.5 Å². The Balaban J connectivity index is 2.83. The van der Waals surface area contributed by atoms with Gasteiger partial charge in [-0.15, -0.1) is 0 Å². The standard InChI is InChI=1S/C12H16F3N/c1-12(14,15)10-5-6-11(13)9(8-10)4-2-3-7-16/h5-6,8H,2-4,7,16H2,1H3. The molecule has 4 heteroatoms. The Morgan fingerprint density at radius 3 is 2.50 bits per heavy atom. The van der Waals surface area contributed by atoms with Crippen LogP contribution in [0.25, 0.3) is 0 Å². The van der Waals surface area contributed by atoms with Crippen molar-refractivity contribution >= 4 is 0 Å². The summed E-state index contributed by atoms with van der Waals surface area (Å²) in [5.41, 5.74) is 5.51. The molecule has 0 heterocycles. The number of unbranched alkanes of at least 4 members (excludes halogenated alkanes) is 1. The highest BCUT2D eigenvalue weighted by molar-refractivity contribution is 5.28. The lowest BCUT2D eigenvalue weighted by Gasteiger charge is -2.12. The van der Waals surface area contributed by atoms with Crippen molar-refractivity contribution in [3.63, 3.8) is 0 Å². The highest BCUT2D eigenvalue weighted by Gasteiger charge is 2.24. The van der Waals surface area contributed by atoms with E-state index >= 15 is 0 Å². The van der Waals surface area contributed by atoms with Gasteiger partial charge in [0, 0.05) is 12.5 Å². The number of hydrogen-bond donors (Lipinski definition) is 1. The molecule has 0 aromatic heterocycles. The van der Waals surface area contributed by atoms with Crippen molar-refractivity contribution in [2.45, 2.75) is 32.1 Å². The fourth-order valence-electron chi connectivity index (χ4n) is 1.50. The van der Waals surface area contributed by atoms with Gasteiger partial charge in [0.1, 0.15) is 5.82 Å². The third-order valence-electron chi connectivity index (χ3n) is 2.45. The second-order valence-corrected chi connectivity index (χ2v) is 3.94. The molecule has 0 saturated carbocycles. The predicted octanol–water partition coefficient (Wildman–Crippen LogP) is 3.22. The van der Waals surface area contributed by atoms with Gasteiger partial charge in [0.15, 0.2) is 0 Å². The summed E-state index contributed by atoms with van der Waals surface area (Å²) in [6, 6.07) is 3.47. The average molecular weight is 231 g/mol. The minimum absolute atomic E-state index is 0.142. The van der Waals surface area contributed by atoms with E-state index in [2.05, 4.69) is 0 Å². The summed E-state index contributed by atoms with van der Waals surface area (Å²) in [5, 5.41) is 0. The molecule has 0 radical (unpaired) electrons. The first-order valence-electron chi connectivity index (χ1n) is 5.32. The molecule has 0 fully saturated rings. The third kappa shape index (κ3) is 3.52. The van der Waals surface area contributed by atoms with Gasteiger partial charge in [0.05, 0.1) is 0 Å². The number of nitrogens with two attached hydrogens (primary N) is 1. The molecule has 2 N–H and O–H groups in total.